The number of hydrogen-bond donors (Lipinski definition) is 1. The van der Waals surface area contributed by atoms with Gasteiger partial charge in [0.2, 0.25) is 0 Å². The first-order valence-electron chi connectivity index (χ1n) is 8.05. The van der Waals surface area contributed by atoms with E-state index in [4.69, 9.17) is 0 Å². The van der Waals surface area contributed by atoms with Gasteiger partial charge >= 0.3 is 0 Å². The maximum atomic E-state index is 13.8. The van der Waals surface area contributed by atoms with E-state index in [1.165, 1.54) is 6.42 Å². The Bertz CT molecular complexity index is 574. The number of likely N-dealkylation sites (tertiary alicyclic amines) is 1. The Morgan fingerprint density at radius 3 is 2.73 bits per heavy atom. The Hall–Kier alpha value is -1.00. The third-order valence-electron chi connectivity index (χ3n) is 5.25. The second-order valence-electron chi connectivity index (χ2n) is 8.32. The summed E-state index contributed by atoms with van der Waals surface area (Å²) in [7, 11) is 0. The summed E-state index contributed by atoms with van der Waals surface area (Å²) in [5.74, 6) is -1.05. The van der Waals surface area contributed by atoms with Gasteiger partial charge in [-0.05, 0) is 48.3 Å². The molecule has 0 spiro atoms. The summed E-state index contributed by atoms with van der Waals surface area (Å²) >= 11 is 0. The molecule has 0 amide bonds. The summed E-state index contributed by atoms with van der Waals surface area (Å²) in [4.78, 5) is 2.27. The minimum absolute atomic E-state index is 0.0610. The zero-order valence-electron chi connectivity index (χ0n) is 13.6. The highest BCUT2D eigenvalue weighted by Crippen LogP contribution is 2.52. The molecule has 1 N–H and O–H groups in total. The highest BCUT2D eigenvalue weighted by molar-refractivity contribution is 5.21. The van der Waals surface area contributed by atoms with Crippen molar-refractivity contribution in [2.24, 2.45) is 10.8 Å². The summed E-state index contributed by atoms with van der Waals surface area (Å²) in [6.45, 7) is 8.19. The van der Waals surface area contributed by atoms with Crippen LogP contribution in [0, 0.1) is 22.5 Å². The molecule has 2 fully saturated rings. The molecule has 3 unspecified atom stereocenters. The monoisotopic (exact) mass is 309 g/mol. The van der Waals surface area contributed by atoms with Gasteiger partial charge in [-0.15, -0.1) is 0 Å². The van der Waals surface area contributed by atoms with Gasteiger partial charge in [0.25, 0.3) is 0 Å². The topological polar surface area (TPSA) is 23.5 Å². The van der Waals surface area contributed by atoms with Crippen molar-refractivity contribution in [3.8, 4) is 0 Å². The van der Waals surface area contributed by atoms with Gasteiger partial charge in [-0.1, -0.05) is 20.8 Å². The van der Waals surface area contributed by atoms with Crippen LogP contribution in [0.4, 0.5) is 8.78 Å². The first-order valence-corrected chi connectivity index (χ1v) is 8.05. The summed E-state index contributed by atoms with van der Waals surface area (Å²) in [6, 6.07) is 3.70. The van der Waals surface area contributed by atoms with Gasteiger partial charge in [-0.3, -0.25) is 4.90 Å². The van der Waals surface area contributed by atoms with Crippen LogP contribution in [0.5, 0.6) is 0 Å². The maximum absolute atomic E-state index is 13.8. The molecule has 1 heterocycles. The first kappa shape index (κ1) is 15.9. The second-order valence-corrected chi connectivity index (χ2v) is 8.32. The van der Waals surface area contributed by atoms with Crippen molar-refractivity contribution >= 4 is 0 Å². The van der Waals surface area contributed by atoms with Crippen LogP contribution >= 0.6 is 0 Å². The standard InChI is InChI=1S/C18H25F2NO/c1-17(2)7-13-8-18(3,10-17)11-21(13)9-16(22)14-6-12(19)4-5-15(14)20/h4-6,13,16,22H,7-11H2,1-3H3. The average Bonchev–Trinajstić information content (AvgIpc) is 2.61. The normalized spacial score (nSPS) is 32.2. The van der Waals surface area contributed by atoms with Crippen molar-refractivity contribution in [2.45, 2.75) is 52.2 Å². The molecule has 3 rings (SSSR count). The largest absolute Gasteiger partial charge is 0.387 e. The molecular weight excluding hydrogens is 284 g/mol. The lowest BCUT2D eigenvalue weighted by Crippen LogP contribution is -2.36. The van der Waals surface area contributed by atoms with Crippen molar-refractivity contribution in [3.05, 3.63) is 35.4 Å². The Labute approximate surface area is 131 Å². The second kappa shape index (κ2) is 5.27. The van der Waals surface area contributed by atoms with Gasteiger partial charge < -0.3 is 5.11 Å². The van der Waals surface area contributed by atoms with Crippen LogP contribution in [-0.2, 0) is 0 Å². The molecule has 3 atom stereocenters. The van der Waals surface area contributed by atoms with Crippen LogP contribution in [0.3, 0.4) is 0 Å². The lowest BCUT2D eigenvalue weighted by Gasteiger charge is -2.40. The molecule has 1 aromatic rings. The third-order valence-corrected chi connectivity index (χ3v) is 5.25. The Morgan fingerprint density at radius 2 is 2.00 bits per heavy atom. The van der Waals surface area contributed by atoms with E-state index >= 15 is 0 Å². The molecule has 4 heteroatoms. The van der Waals surface area contributed by atoms with Gasteiger partial charge in [-0.2, -0.15) is 0 Å². The SMILES string of the molecule is CC1(C)CC2CC(C)(CN2CC(O)c2cc(F)ccc2F)C1. The Morgan fingerprint density at radius 1 is 1.27 bits per heavy atom. The summed E-state index contributed by atoms with van der Waals surface area (Å²) in [5, 5.41) is 10.4. The molecule has 1 aliphatic carbocycles. The van der Waals surface area contributed by atoms with Crippen LogP contribution < -0.4 is 0 Å². The molecule has 1 saturated carbocycles. The molecule has 1 saturated heterocycles. The van der Waals surface area contributed by atoms with E-state index in [0.29, 0.717) is 18.0 Å². The molecular formula is C18H25F2NO. The number of rotatable bonds is 3. The third kappa shape index (κ3) is 3.04. The smallest absolute Gasteiger partial charge is 0.129 e. The number of halogens is 2. The van der Waals surface area contributed by atoms with Crippen molar-refractivity contribution < 1.29 is 13.9 Å². The van der Waals surface area contributed by atoms with Crippen molar-refractivity contribution in [2.75, 3.05) is 13.1 Å². The van der Waals surface area contributed by atoms with Gasteiger partial charge in [0.15, 0.2) is 0 Å². The predicted molar refractivity (Wildman–Crippen MR) is 82.4 cm³/mol. The fraction of sp³-hybridized carbons (Fsp3) is 0.667. The molecule has 2 aliphatic rings. The molecule has 1 aliphatic heterocycles. The van der Waals surface area contributed by atoms with E-state index in [9.17, 15) is 13.9 Å². The molecule has 2 bridgehead atoms. The quantitative estimate of drug-likeness (QED) is 0.915. The first-order chi connectivity index (χ1) is 10.2. The minimum Gasteiger partial charge on any atom is -0.387 e. The predicted octanol–water partition coefficient (Wildman–Crippen LogP) is 3.90. The zero-order chi connectivity index (χ0) is 16.1. The molecule has 22 heavy (non-hydrogen) atoms. The lowest BCUT2D eigenvalue weighted by atomic mass is 9.65. The molecule has 2 nitrogen and oxygen atoms in total. The highest BCUT2D eigenvalue weighted by atomic mass is 19.1. The number of fused-ring (bicyclic) bond motifs is 2. The van der Waals surface area contributed by atoms with E-state index in [-0.39, 0.29) is 11.0 Å². The van der Waals surface area contributed by atoms with E-state index in [1.54, 1.807) is 0 Å². The van der Waals surface area contributed by atoms with Crippen LogP contribution in [0.2, 0.25) is 0 Å². The number of nitrogens with zero attached hydrogens (tertiary/aromatic N) is 1. The summed E-state index contributed by atoms with van der Waals surface area (Å²) in [5.41, 5.74) is 0.638. The van der Waals surface area contributed by atoms with Gasteiger partial charge in [0.05, 0.1) is 6.10 Å². The van der Waals surface area contributed by atoms with E-state index < -0.39 is 17.7 Å². The van der Waals surface area contributed by atoms with Crippen molar-refractivity contribution in [1.82, 2.24) is 4.90 Å². The van der Waals surface area contributed by atoms with Crippen molar-refractivity contribution in [3.63, 3.8) is 0 Å². The molecule has 1 aromatic carbocycles. The molecule has 0 aromatic heterocycles. The van der Waals surface area contributed by atoms with Gasteiger partial charge in [0, 0.05) is 24.7 Å². The highest BCUT2D eigenvalue weighted by Gasteiger charge is 2.49. The van der Waals surface area contributed by atoms with Crippen LogP contribution in [-0.4, -0.2) is 29.1 Å². The van der Waals surface area contributed by atoms with Gasteiger partial charge in [0.1, 0.15) is 11.6 Å². The fourth-order valence-corrected chi connectivity index (χ4v) is 4.88. The zero-order valence-corrected chi connectivity index (χ0v) is 13.6. The average molecular weight is 309 g/mol. The fourth-order valence-electron chi connectivity index (χ4n) is 4.88. The summed E-state index contributed by atoms with van der Waals surface area (Å²) in [6.07, 6.45) is 2.43. The van der Waals surface area contributed by atoms with Gasteiger partial charge in [-0.25, -0.2) is 8.78 Å². The van der Waals surface area contributed by atoms with Crippen LogP contribution in [0.25, 0.3) is 0 Å². The Kier molecular flexibility index (Phi) is 3.81. The van der Waals surface area contributed by atoms with Crippen molar-refractivity contribution in [1.29, 1.82) is 0 Å². The van der Waals surface area contributed by atoms with E-state index in [1.807, 2.05) is 0 Å². The number of β-amino-alcohol motifs (C(OH)–C–C–N with tert-alkyl or cyclic N) is 1. The van der Waals surface area contributed by atoms with E-state index in [0.717, 1.165) is 37.6 Å². The number of benzene rings is 1. The lowest BCUT2D eigenvalue weighted by molar-refractivity contribution is 0.0899. The minimum atomic E-state index is -0.984. The van der Waals surface area contributed by atoms with Crippen LogP contribution in [0.15, 0.2) is 18.2 Å². The maximum Gasteiger partial charge on any atom is 0.129 e. The number of aliphatic hydroxyl groups excluding tert-OH is 1. The van der Waals surface area contributed by atoms with Crippen LogP contribution in [0.1, 0.15) is 51.7 Å². The number of hydrogen-bond acceptors (Lipinski definition) is 2. The summed E-state index contributed by atoms with van der Waals surface area (Å²) < 4.78 is 27.1. The van der Waals surface area contributed by atoms with E-state index in [2.05, 4.69) is 25.7 Å². The number of aliphatic hydroxyl groups is 1. The Balaban J connectivity index is 1.75. The molecule has 0 radical (unpaired) electrons. The molecule has 122 valence electrons.